The van der Waals surface area contributed by atoms with Crippen LogP contribution in [0.3, 0.4) is 0 Å². The van der Waals surface area contributed by atoms with Crippen LogP contribution in [-0.4, -0.2) is 29.2 Å². The fraction of sp³-hybridized carbons (Fsp3) is 0.391. The summed E-state index contributed by atoms with van der Waals surface area (Å²) in [6, 6.07) is 16.2. The van der Waals surface area contributed by atoms with E-state index in [1.807, 2.05) is 42.6 Å². The molecule has 1 aliphatic heterocycles. The molecule has 0 amide bonds. The summed E-state index contributed by atoms with van der Waals surface area (Å²) in [5.41, 5.74) is 1.79. The van der Waals surface area contributed by atoms with Crippen molar-refractivity contribution >= 4 is 10.9 Å². The van der Waals surface area contributed by atoms with Gasteiger partial charge < -0.3 is 10.1 Å². The average Bonchev–Trinajstić information content (AvgIpc) is 2.74. The maximum Gasteiger partial charge on any atom is 0.348 e. The minimum absolute atomic E-state index is 0.198. The molecule has 146 valence electrons. The number of hydrogen-bond donors (Lipinski definition) is 1. The first-order chi connectivity index (χ1) is 13.8. The van der Waals surface area contributed by atoms with E-state index >= 15 is 0 Å². The Morgan fingerprint density at radius 1 is 1.11 bits per heavy atom. The van der Waals surface area contributed by atoms with Gasteiger partial charge in [0.25, 0.3) is 0 Å². The number of aryl methyl sites for hydroxylation is 2. The van der Waals surface area contributed by atoms with Gasteiger partial charge in [-0.05, 0) is 62.4 Å². The lowest BCUT2D eigenvalue weighted by Gasteiger charge is -2.22. The molecule has 5 nitrogen and oxygen atoms in total. The summed E-state index contributed by atoms with van der Waals surface area (Å²) in [6.07, 6.45) is 6.08. The van der Waals surface area contributed by atoms with Crippen molar-refractivity contribution in [2.24, 2.45) is 5.92 Å². The average molecular weight is 377 g/mol. The summed E-state index contributed by atoms with van der Waals surface area (Å²) in [6.45, 7) is 3.53. The Hall–Kier alpha value is -2.66. The van der Waals surface area contributed by atoms with Crippen LogP contribution in [0.25, 0.3) is 10.9 Å². The van der Waals surface area contributed by atoms with Gasteiger partial charge >= 0.3 is 5.69 Å². The standard InChI is InChI=1S/C23H27N3O2/c27-23-25-22-15-21(28-17-19-10-12-24-13-11-19)9-8-20(22)16-26(23)14-4-7-18-5-2-1-3-6-18/h1-3,5-6,8-9,15-16,19,24H,4,7,10-14,17H2. The molecule has 0 atom stereocenters. The van der Waals surface area contributed by atoms with E-state index < -0.39 is 0 Å². The van der Waals surface area contributed by atoms with Crippen LogP contribution in [0, 0.1) is 5.92 Å². The van der Waals surface area contributed by atoms with Gasteiger partial charge in [0.2, 0.25) is 0 Å². The molecular formula is C23H27N3O2. The minimum Gasteiger partial charge on any atom is -0.493 e. The largest absolute Gasteiger partial charge is 0.493 e. The molecule has 4 rings (SSSR count). The second-order valence-corrected chi connectivity index (χ2v) is 7.53. The van der Waals surface area contributed by atoms with Crippen molar-refractivity contribution in [3.8, 4) is 5.75 Å². The second kappa shape index (κ2) is 9.02. The molecule has 0 spiro atoms. The van der Waals surface area contributed by atoms with Gasteiger partial charge in [-0.2, -0.15) is 4.98 Å². The highest BCUT2D eigenvalue weighted by Gasteiger charge is 2.13. The van der Waals surface area contributed by atoms with Crippen LogP contribution in [0.1, 0.15) is 24.8 Å². The highest BCUT2D eigenvalue weighted by atomic mass is 16.5. The number of nitrogens with one attached hydrogen (secondary N) is 1. The molecule has 1 aliphatic rings. The fourth-order valence-electron chi connectivity index (χ4n) is 3.73. The van der Waals surface area contributed by atoms with Gasteiger partial charge in [0.15, 0.2) is 0 Å². The summed E-state index contributed by atoms with van der Waals surface area (Å²) in [4.78, 5) is 16.7. The number of nitrogens with zero attached hydrogens (tertiary/aromatic N) is 2. The van der Waals surface area contributed by atoms with Crippen LogP contribution in [0.15, 0.2) is 59.5 Å². The van der Waals surface area contributed by atoms with Crippen LogP contribution in [0.4, 0.5) is 0 Å². The lowest BCUT2D eigenvalue weighted by atomic mass is 9.99. The first-order valence-electron chi connectivity index (χ1n) is 10.2. The first-order valence-corrected chi connectivity index (χ1v) is 10.2. The van der Waals surface area contributed by atoms with Crippen LogP contribution in [-0.2, 0) is 13.0 Å². The van der Waals surface area contributed by atoms with Crippen molar-refractivity contribution in [3.63, 3.8) is 0 Å². The van der Waals surface area contributed by atoms with Gasteiger partial charge in [-0.25, -0.2) is 4.79 Å². The SMILES string of the molecule is O=c1nc2cc(OCC3CCNCC3)ccc2cn1CCCc1ccccc1. The number of hydrogen-bond acceptors (Lipinski definition) is 4. The topological polar surface area (TPSA) is 56.1 Å². The van der Waals surface area contributed by atoms with Crippen LogP contribution >= 0.6 is 0 Å². The Bertz CT molecular complexity index is 962. The van der Waals surface area contributed by atoms with Crippen molar-refractivity contribution in [1.29, 1.82) is 0 Å². The highest BCUT2D eigenvalue weighted by molar-refractivity contribution is 5.78. The Kier molecular flexibility index (Phi) is 6.02. The van der Waals surface area contributed by atoms with Crippen molar-refractivity contribution in [2.75, 3.05) is 19.7 Å². The molecule has 1 aromatic heterocycles. The molecule has 28 heavy (non-hydrogen) atoms. The third-order valence-corrected chi connectivity index (χ3v) is 5.41. The van der Waals surface area contributed by atoms with Crippen LogP contribution in [0.2, 0.25) is 0 Å². The highest BCUT2D eigenvalue weighted by Crippen LogP contribution is 2.20. The molecule has 1 fully saturated rings. The third kappa shape index (κ3) is 4.78. The molecule has 1 saturated heterocycles. The monoisotopic (exact) mass is 377 g/mol. The van der Waals surface area contributed by atoms with Gasteiger partial charge in [-0.1, -0.05) is 30.3 Å². The number of benzene rings is 2. The molecule has 0 saturated carbocycles. The Balaban J connectivity index is 1.39. The van der Waals surface area contributed by atoms with Crippen molar-refractivity contribution in [2.45, 2.75) is 32.2 Å². The van der Waals surface area contributed by atoms with Gasteiger partial charge in [0.05, 0.1) is 12.1 Å². The zero-order chi connectivity index (χ0) is 19.2. The zero-order valence-electron chi connectivity index (χ0n) is 16.1. The molecule has 0 unspecified atom stereocenters. The maximum atomic E-state index is 12.4. The van der Waals surface area contributed by atoms with Gasteiger partial charge in [0, 0.05) is 24.2 Å². The molecule has 2 heterocycles. The van der Waals surface area contributed by atoms with E-state index in [0.29, 0.717) is 18.0 Å². The van der Waals surface area contributed by atoms with E-state index in [-0.39, 0.29) is 5.69 Å². The fourth-order valence-corrected chi connectivity index (χ4v) is 3.73. The van der Waals surface area contributed by atoms with E-state index in [4.69, 9.17) is 4.74 Å². The quantitative estimate of drug-likeness (QED) is 0.686. The molecule has 1 N–H and O–H groups in total. The van der Waals surface area contributed by atoms with Crippen LogP contribution < -0.4 is 15.7 Å². The van der Waals surface area contributed by atoms with Crippen molar-refractivity contribution in [1.82, 2.24) is 14.9 Å². The normalized spacial score (nSPS) is 15.0. The summed E-state index contributed by atoms with van der Waals surface area (Å²) in [5.74, 6) is 1.39. The third-order valence-electron chi connectivity index (χ3n) is 5.41. The molecule has 0 aliphatic carbocycles. The summed E-state index contributed by atoms with van der Waals surface area (Å²) in [5, 5.41) is 4.34. The summed E-state index contributed by atoms with van der Waals surface area (Å²) in [7, 11) is 0. The summed E-state index contributed by atoms with van der Waals surface area (Å²) >= 11 is 0. The summed E-state index contributed by atoms with van der Waals surface area (Å²) < 4.78 is 7.67. The number of fused-ring (bicyclic) bond motifs is 1. The smallest absolute Gasteiger partial charge is 0.348 e. The Morgan fingerprint density at radius 2 is 1.93 bits per heavy atom. The Labute approximate surface area is 165 Å². The predicted molar refractivity (Wildman–Crippen MR) is 112 cm³/mol. The number of aromatic nitrogens is 2. The molecule has 3 aromatic rings. The molecular weight excluding hydrogens is 350 g/mol. The van der Waals surface area contributed by atoms with Gasteiger partial charge in [0.1, 0.15) is 5.75 Å². The number of ether oxygens (including phenoxy) is 1. The molecule has 2 aromatic carbocycles. The number of rotatable bonds is 7. The lowest BCUT2D eigenvalue weighted by molar-refractivity contribution is 0.215. The second-order valence-electron chi connectivity index (χ2n) is 7.53. The van der Waals surface area contributed by atoms with E-state index in [1.54, 1.807) is 4.57 Å². The van der Waals surface area contributed by atoms with E-state index in [9.17, 15) is 4.79 Å². The van der Waals surface area contributed by atoms with Crippen LogP contribution in [0.5, 0.6) is 5.75 Å². The predicted octanol–water partition coefficient (Wildman–Crippen LogP) is 3.41. The first kappa shape index (κ1) is 18.7. The van der Waals surface area contributed by atoms with E-state index in [2.05, 4.69) is 22.4 Å². The zero-order valence-corrected chi connectivity index (χ0v) is 16.1. The lowest BCUT2D eigenvalue weighted by Crippen LogP contribution is -2.30. The van der Waals surface area contributed by atoms with Crippen molar-refractivity contribution < 1.29 is 4.74 Å². The molecule has 0 radical (unpaired) electrons. The molecule has 0 bridgehead atoms. The molecule has 5 heteroatoms. The Morgan fingerprint density at radius 3 is 2.75 bits per heavy atom. The van der Waals surface area contributed by atoms with Gasteiger partial charge in [-0.15, -0.1) is 0 Å². The van der Waals surface area contributed by atoms with E-state index in [0.717, 1.165) is 56.5 Å². The van der Waals surface area contributed by atoms with E-state index in [1.165, 1.54) is 5.56 Å². The number of piperidine rings is 1. The van der Waals surface area contributed by atoms with Gasteiger partial charge in [-0.3, -0.25) is 4.57 Å². The maximum absolute atomic E-state index is 12.4. The minimum atomic E-state index is -0.198. The van der Waals surface area contributed by atoms with Crippen molar-refractivity contribution in [3.05, 3.63) is 70.8 Å².